The van der Waals surface area contributed by atoms with Gasteiger partial charge in [-0.05, 0) is 30.0 Å². The van der Waals surface area contributed by atoms with E-state index in [4.69, 9.17) is 0 Å². The van der Waals surface area contributed by atoms with Gasteiger partial charge in [0.2, 0.25) is 0 Å². The smallest absolute Gasteiger partial charge is 0.398 e. The first-order valence-corrected chi connectivity index (χ1v) is 8.82. The first kappa shape index (κ1) is 21.7. The summed E-state index contributed by atoms with van der Waals surface area (Å²) in [5.74, 6) is -7.87. The van der Waals surface area contributed by atoms with E-state index in [9.17, 15) is 30.7 Å². The Morgan fingerprint density at radius 1 is 0.767 bits per heavy atom. The average Bonchev–Trinajstić information content (AvgIpc) is 2.69. The first-order valence-electron chi connectivity index (χ1n) is 8.82. The third-order valence-electron chi connectivity index (χ3n) is 4.47. The van der Waals surface area contributed by atoms with Crippen LogP contribution in [0.25, 0.3) is 11.1 Å². The van der Waals surface area contributed by atoms with Crippen LogP contribution in [0.5, 0.6) is 5.75 Å². The van der Waals surface area contributed by atoms with E-state index in [2.05, 4.69) is 4.74 Å². The second kappa shape index (κ2) is 8.38. The van der Waals surface area contributed by atoms with E-state index in [1.165, 1.54) is 43.3 Å². The van der Waals surface area contributed by atoms with E-state index in [0.717, 1.165) is 0 Å². The number of ether oxygens (including phenoxy) is 1. The van der Waals surface area contributed by atoms with E-state index in [1.807, 2.05) is 0 Å². The van der Waals surface area contributed by atoms with Crippen LogP contribution in [-0.2, 0) is 6.42 Å². The molecule has 0 aliphatic rings. The van der Waals surface area contributed by atoms with Gasteiger partial charge in [-0.15, -0.1) is 0 Å². The van der Waals surface area contributed by atoms with Crippen LogP contribution in [-0.4, -0.2) is 6.11 Å². The lowest BCUT2D eigenvalue weighted by molar-refractivity contribution is -0.180. The Bertz CT molecular complexity index is 1040. The molecule has 0 spiro atoms. The van der Waals surface area contributed by atoms with E-state index in [-0.39, 0.29) is 17.5 Å². The lowest BCUT2D eigenvalue weighted by Gasteiger charge is -2.18. The van der Waals surface area contributed by atoms with Crippen LogP contribution in [0.1, 0.15) is 17.5 Å². The fraction of sp³-hybridized carbons (Fsp3) is 0.182. The Labute approximate surface area is 167 Å². The van der Waals surface area contributed by atoms with Crippen molar-refractivity contribution in [2.24, 2.45) is 0 Å². The van der Waals surface area contributed by atoms with Crippen molar-refractivity contribution in [2.75, 3.05) is 0 Å². The van der Waals surface area contributed by atoms with Crippen LogP contribution >= 0.6 is 0 Å². The van der Waals surface area contributed by atoms with Crippen molar-refractivity contribution in [3.8, 4) is 16.9 Å². The van der Waals surface area contributed by atoms with Gasteiger partial charge < -0.3 is 4.74 Å². The molecule has 158 valence electrons. The van der Waals surface area contributed by atoms with Gasteiger partial charge in [0, 0.05) is 17.7 Å². The third-order valence-corrected chi connectivity index (χ3v) is 4.47. The molecule has 0 amide bonds. The van der Waals surface area contributed by atoms with Crippen LogP contribution in [0.15, 0.2) is 48.5 Å². The topological polar surface area (TPSA) is 9.23 Å². The van der Waals surface area contributed by atoms with E-state index < -0.39 is 47.4 Å². The Hall–Kier alpha value is -3.03. The van der Waals surface area contributed by atoms with Crippen LogP contribution in [0.4, 0.5) is 30.7 Å². The maximum Gasteiger partial charge on any atom is 0.398 e. The highest BCUT2D eigenvalue weighted by molar-refractivity contribution is 5.65. The molecule has 0 saturated heterocycles. The predicted molar refractivity (Wildman–Crippen MR) is 96.7 cm³/mol. The molecule has 0 saturated carbocycles. The third kappa shape index (κ3) is 4.75. The first-order chi connectivity index (χ1) is 14.1. The van der Waals surface area contributed by atoms with Gasteiger partial charge in [-0.25, -0.2) is 22.0 Å². The van der Waals surface area contributed by atoms with Gasteiger partial charge in [0.15, 0.2) is 29.1 Å². The minimum atomic E-state index is -3.78. The molecule has 0 aliphatic heterocycles. The highest BCUT2D eigenvalue weighted by atomic mass is 19.3. The second-order valence-electron chi connectivity index (χ2n) is 6.70. The molecule has 0 radical (unpaired) electrons. The molecular formula is C22H15F7O. The average molecular weight is 428 g/mol. The predicted octanol–water partition coefficient (Wildman–Crippen LogP) is 6.96. The van der Waals surface area contributed by atoms with Crippen molar-refractivity contribution in [1.82, 2.24) is 0 Å². The maximum atomic E-state index is 14.1. The summed E-state index contributed by atoms with van der Waals surface area (Å²) in [6.45, 7) is 1.43. The standard InChI is InChI=1S/C22H15F7O/c1-12-2-7-16(20(26)19(12)25)14-5-3-13(4-6-14)8-9-22(28,29)30-15-10-17(23)21(27)18(24)11-15/h2-7,10-11H,8-9H2,1H3. The fourth-order valence-electron chi connectivity index (χ4n) is 2.82. The Balaban J connectivity index is 1.68. The molecule has 3 rings (SSSR count). The monoisotopic (exact) mass is 428 g/mol. The Morgan fingerprint density at radius 3 is 1.97 bits per heavy atom. The van der Waals surface area contributed by atoms with Crippen molar-refractivity contribution in [2.45, 2.75) is 25.9 Å². The van der Waals surface area contributed by atoms with Crippen LogP contribution in [0.3, 0.4) is 0 Å². The van der Waals surface area contributed by atoms with Crippen molar-refractivity contribution >= 4 is 0 Å². The zero-order valence-corrected chi connectivity index (χ0v) is 15.6. The number of benzene rings is 3. The minimum absolute atomic E-state index is 0.0404. The molecule has 0 aromatic heterocycles. The summed E-state index contributed by atoms with van der Waals surface area (Å²) in [6.07, 6.45) is -4.79. The van der Waals surface area contributed by atoms with E-state index in [0.29, 0.717) is 23.3 Å². The zero-order valence-electron chi connectivity index (χ0n) is 15.6. The molecule has 1 nitrogen and oxygen atoms in total. The van der Waals surface area contributed by atoms with Gasteiger partial charge in [0.05, 0.1) is 6.42 Å². The second-order valence-corrected chi connectivity index (χ2v) is 6.70. The number of alkyl halides is 2. The lowest BCUT2D eigenvalue weighted by atomic mass is 10.00. The quantitative estimate of drug-likeness (QED) is 0.305. The SMILES string of the molecule is Cc1ccc(-c2ccc(CCC(F)(F)Oc3cc(F)c(F)c(F)c3)cc2)c(F)c1F. The molecule has 3 aromatic carbocycles. The molecule has 0 bridgehead atoms. The number of halogens is 7. The highest BCUT2D eigenvalue weighted by Crippen LogP contribution is 2.30. The van der Waals surface area contributed by atoms with Crippen LogP contribution in [0.2, 0.25) is 0 Å². The highest BCUT2D eigenvalue weighted by Gasteiger charge is 2.32. The molecule has 0 atom stereocenters. The van der Waals surface area contributed by atoms with Crippen molar-refractivity contribution < 1.29 is 35.5 Å². The number of rotatable bonds is 6. The molecule has 0 N–H and O–H groups in total. The zero-order chi connectivity index (χ0) is 22.1. The van der Waals surface area contributed by atoms with Gasteiger partial charge in [-0.3, -0.25) is 0 Å². The van der Waals surface area contributed by atoms with Crippen molar-refractivity contribution in [3.05, 3.63) is 88.7 Å². The summed E-state index contributed by atoms with van der Waals surface area (Å²) < 4.78 is 99.2. The van der Waals surface area contributed by atoms with Crippen LogP contribution < -0.4 is 4.74 Å². The van der Waals surface area contributed by atoms with Crippen molar-refractivity contribution in [1.29, 1.82) is 0 Å². The van der Waals surface area contributed by atoms with Gasteiger partial charge >= 0.3 is 6.11 Å². The summed E-state index contributed by atoms with van der Waals surface area (Å²) in [4.78, 5) is 0. The molecule has 0 heterocycles. The van der Waals surface area contributed by atoms with E-state index >= 15 is 0 Å². The van der Waals surface area contributed by atoms with E-state index in [1.54, 1.807) is 0 Å². The summed E-state index contributed by atoms with van der Waals surface area (Å²) in [5.41, 5.74) is 1.02. The normalized spacial score (nSPS) is 11.6. The molecule has 8 heteroatoms. The largest absolute Gasteiger partial charge is 0.432 e. The molecule has 30 heavy (non-hydrogen) atoms. The fourth-order valence-corrected chi connectivity index (χ4v) is 2.82. The number of aryl methyl sites for hydroxylation is 2. The maximum absolute atomic E-state index is 14.1. The summed E-state index contributed by atoms with van der Waals surface area (Å²) in [7, 11) is 0. The van der Waals surface area contributed by atoms with Gasteiger partial charge in [-0.2, -0.15) is 8.78 Å². The molecular weight excluding hydrogens is 413 g/mol. The Morgan fingerprint density at radius 2 is 1.37 bits per heavy atom. The number of hydrogen-bond acceptors (Lipinski definition) is 1. The molecule has 3 aromatic rings. The minimum Gasteiger partial charge on any atom is -0.432 e. The van der Waals surface area contributed by atoms with Crippen LogP contribution in [0, 0.1) is 36.0 Å². The van der Waals surface area contributed by atoms with Gasteiger partial charge in [0.25, 0.3) is 0 Å². The number of hydrogen-bond donors (Lipinski definition) is 0. The van der Waals surface area contributed by atoms with Crippen molar-refractivity contribution in [3.63, 3.8) is 0 Å². The lowest BCUT2D eigenvalue weighted by Crippen LogP contribution is -2.25. The summed E-state index contributed by atoms with van der Waals surface area (Å²) >= 11 is 0. The molecule has 0 fully saturated rings. The van der Waals surface area contributed by atoms with Gasteiger partial charge in [-0.1, -0.05) is 36.4 Å². The Kier molecular flexibility index (Phi) is 6.05. The molecule has 0 unspecified atom stereocenters. The molecule has 0 aliphatic carbocycles. The summed E-state index contributed by atoms with van der Waals surface area (Å²) in [5, 5.41) is 0. The summed E-state index contributed by atoms with van der Waals surface area (Å²) in [6, 6.07) is 9.39. The van der Waals surface area contributed by atoms with Gasteiger partial charge in [0.1, 0.15) is 5.75 Å².